The van der Waals surface area contributed by atoms with Crippen molar-refractivity contribution in [2.75, 3.05) is 30.8 Å². The van der Waals surface area contributed by atoms with Gasteiger partial charge in [0.1, 0.15) is 5.82 Å². The number of aromatic nitrogens is 1. The summed E-state index contributed by atoms with van der Waals surface area (Å²) in [5.74, 6) is 0.732. The van der Waals surface area contributed by atoms with Gasteiger partial charge < -0.3 is 20.6 Å². The van der Waals surface area contributed by atoms with E-state index in [0.717, 1.165) is 18.8 Å². The maximum absolute atomic E-state index is 10.9. The molecule has 1 fully saturated rings. The summed E-state index contributed by atoms with van der Waals surface area (Å²) in [6.45, 7) is 1.38. The molecule has 1 aliphatic heterocycles. The van der Waals surface area contributed by atoms with Gasteiger partial charge in [-0.1, -0.05) is 11.6 Å². The highest BCUT2D eigenvalue weighted by Gasteiger charge is 2.29. The van der Waals surface area contributed by atoms with Crippen molar-refractivity contribution >= 4 is 29.2 Å². The molecule has 0 radical (unpaired) electrons. The van der Waals surface area contributed by atoms with E-state index in [4.69, 9.17) is 22.4 Å². The number of carboxylic acid groups (broad SMARTS) is 1. The topological polar surface area (TPSA) is 82.7 Å². The third-order valence-corrected chi connectivity index (χ3v) is 3.50. The van der Waals surface area contributed by atoms with Gasteiger partial charge in [-0.2, -0.15) is 0 Å². The van der Waals surface area contributed by atoms with Crippen LogP contribution in [0.15, 0.2) is 12.1 Å². The van der Waals surface area contributed by atoms with Gasteiger partial charge >= 0.3 is 6.09 Å². The maximum Gasteiger partial charge on any atom is 0.407 e. The van der Waals surface area contributed by atoms with Crippen LogP contribution in [-0.2, 0) is 0 Å². The molecule has 0 aliphatic carbocycles. The number of carbonyl (C=O) groups is 1. The van der Waals surface area contributed by atoms with Gasteiger partial charge in [-0.05, 0) is 18.6 Å². The predicted molar refractivity (Wildman–Crippen MR) is 70.1 cm³/mol. The first-order valence-corrected chi connectivity index (χ1v) is 5.99. The maximum atomic E-state index is 10.9. The molecule has 3 N–H and O–H groups in total. The highest BCUT2D eigenvalue weighted by molar-refractivity contribution is 6.31. The van der Waals surface area contributed by atoms with E-state index in [2.05, 4.69) is 4.98 Å². The summed E-state index contributed by atoms with van der Waals surface area (Å²) in [4.78, 5) is 18.4. The van der Waals surface area contributed by atoms with E-state index < -0.39 is 6.09 Å². The second kappa shape index (κ2) is 4.89. The highest BCUT2D eigenvalue weighted by atomic mass is 35.5. The van der Waals surface area contributed by atoms with Gasteiger partial charge in [0.25, 0.3) is 0 Å². The van der Waals surface area contributed by atoms with Crippen molar-refractivity contribution in [1.29, 1.82) is 0 Å². The molecular formula is C11H15ClN4O2. The summed E-state index contributed by atoms with van der Waals surface area (Å²) in [6.07, 6.45) is -0.128. The second-order valence-electron chi connectivity index (χ2n) is 4.33. The zero-order valence-electron chi connectivity index (χ0n) is 10.0. The molecule has 2 heterocycles. The van der Waals surface area contributed by atoms with Crippen LogP contribution in [0.2, 0.25) is 5.15 Å². The summed E-state index contributed by atoms with van der Waals surface area (Å²) >= 11 is 5.87. The summed E-state index contributed by atoms with van der Waals surface area (Å²) in [5, 5.41) is 9.21. The van der Waals surface area contributed by atoms with Crippen molar-refractivity contribution in [3.05, 3.63) is 17.3 Å². The molecule has 1 aliphatic rings. The monoisotopic (exact) mass is 270 g/mol. The third kappa shape index (κ3) is 2.43. The van der Waals surface area contributed by atoms with Gasteiger partial charge in [0.05, 0.1) is 11.7 Å². The number of hydrogen-bond donors (Lipinski definition) is 2. The van der Waals surface area contributed by atoms with Crippen molar-refractivity contribution in [1.82, 2.24) is 9.88 Å². The standard InChI is InChI=1S/C11H15ClN4O2/c1-15(11(17)18)7-4-5-16(6-7)9-3-2-8(13)10(12)14-9/h2-3,7H,4-6,13H2,1H3,(H,17,18). The van der Waals surface area contributed by atoms with Gasteiger partial charge in [0, 0.05) is 20.1 Å². The van der Waals surface area contributed by atoms with Crippen molar-refractivity contribution in [3.8, 4) is 0 Å². The van der Waals surface area contributed by atoms with Crippen molar-refractivity contribution in [2.24, 2.45) is 0 Å². The van der Waals surface area contributed by atoms with E-state index >= 15 is 0 Å². The summed E-state index contributed by atoms with van der Waals surface area (Å²) in [7, 11) is 1.58. The quantitative estimate of drug-likeness (QED) is 0.796. The SMILES string of the molecule is CN(C(=O)O)C1CCN(c2ccc(N)c(Cl)n2)C1. The zero-order chi connectivity index (χ0) is 13.3. The molecule has 1 saturated heterocycles. The number of likely N-dealkylation sites (N-methyl/N-ethyl adjacent to an activating group) is 1. The molecule has 1 aromatic rings. The van der Waals surface area contributed by atoms with Crippen LogP contribution in [0.3, 0.4) is 0 Å². The van der Waals surface area contributed by atoms with Gasteiger partial charge in [0.15, 0.2) is 5.15 Å². The molecule has 1 atom stereocenters. The molecule has 0 saturated carbocycles. The Bertz CT molecular complexity index is 468. The number of rotatable bonds is 2. The Morgan fingerprint density at radius 3 is 3.00 bits per heavy atom. The van der Waals surface area contributed by atoms with Gasteiger partial charge in [-0.15, -0.1) is 0 Å². The van der Waals surface area contributed by atoms with E-state index in [0.29, 0.717) is 12.2 Å². The Kier molecular flexibility index (Phi) is 3.47. The molecular weight excluding hydrogens is 256 g/mol. The van der Waals surface area contributed by atoms with E-state index in [1.165, 1.54) is 4.90 Å². The highest BCUT2D eigenvalue weighted by Crippen LogP contribution is 2.25. The first-order valence-electron chi connectivity index (χ1n) is 5.61. The Morgan fingerprint density at radius 1 is 1.67 bits per heavy atom. The average Bonchev–Trinajstić information content (AvgIpc) is 2.81. The number of halogens is 1. The summed E-state index contributed by atoms with van der Waals surface area (Å²) < 4.78 is 0. The van der Waals surface area contributed by atoms with E-state index in [1.54, 1.807) is 19.2 Å². The van der Waals surface area contributed by atoms with Crippen LogP contribution in [0, 0.1) is 0 Å². The van der Waals surface area contributed by atoms with Crippen molar-refractivity contribution < 1.29 is 9.90 Å². The molecule has 7 heteroatoms. The fraction of sp³-hybridized carbons (Fsp3) is 0.455. The Hall–Kier alpha value is -1.69. The lowest BCUT2D eigenvalue weighted by molar-refractivity contribution is 0.142. The van der Waals surface area contributed by atoms with Crippen LogP contribution >= 0.6 is 11.6 Å². The van der Waals surface area contributed by atoms with Crippen LogP contribution in [0.4, 0.5) is 16.3 Å². The summed E-state index contributed by atoms with van der Waals surface area (Å²) in [5.41, 5.74) is 6.05. The first-order chi connectivity index (χ1) is 8.49. The van der Waals surface area contributed by atoms with E-state index in [1.807, 2.05) is 4.90 Å². The predicted octanol–water partition coefficient (Wildman–Crippen LogP) is 1.51. The largest absolute Gasteiger partial charge is 0.465 e. The molecule has 98 valence electrons. The van der Waals surface area contributed by atoms with Crippen LogP contribution in [0.5, 0.6) is 0 Å². The molecule has 0 aromatic carbocycles. The van der Waals surface area contributed by atoms with Gasteiger partial charge in [-0.25, -0.2) is 9.78 Å². The van der Waals surface area contributed by atoms with Crippen LogP contribution in [0.1, 0.15) is 6.42 Å². The molecule has 18 heavy (non-hydrogen) atoms. The minimum atomic E-state index is -0.912. The van der Waals surface area contributed by atoms with Crippen LogP contribution < -0.4 is 10.6 Å². The lowest BCUT2D eigenvalue weighted by Crippen LogP contribution is -2.38. The number of nitrogens with zero attached hydrogens (tertiary/aromatic N) is 3. The molecule has 2 rings (SSSR count). The lowest BCUT2D eigenvalue weighted by atomic mass is 10.2. The second-order valence-corrected chi connectivity index (χ2v) is 4.69. The molecule has 1 amide bonds. The number of hydrogen-bond acceptors (Lipinski definition) is 4. The number of nitrogens with two attached hydrogens (primary N) is 1. The molecule has 6 nitrogen and oxygen atoms in total. The van der Waals surface area contributed by atoms with Crippen LogP contribution in [-0.4, -0.2) is 47.3 Å². The van der Waals surface area contributed by atoms with Crippen molar-refractivity contribution in [3.63, 3.8) is 0 Å². The fourth-order valence-electron chi connectivity index (χ4n) is 2.03. The molecule has 1 unspecified atom stereocenters. The van der Waals surface area contributed by atoms with E-state index in [-0.39, 0.29) is 11.2 Å². The zero-order valence-corrected chi connectivity index (χ0v) is 10.8. The molecule has 0 bridgehead atoms. The lowest BCUT2D eigenvalue weighted by Gasteiger charge is -2.22. The van der Waals surface area contributed by atoms with Crippen LogP contribution in [0.25, 0.3) is 0 Å². The Morgan fingerprint density at radius 2 is 2.39 bits per heavy atom. The third-order valence-electron chi connectivity index (χ3n) is 3.20. The Labute approximate surface area is 110 Å². The van der Waals surface area contributed by atoms with E-state index in [9.17, 15) is 4.79 Å². The fourth-order valence-corrected chi connectivity index (χ4v) is 2.18. The molecule has 1 aromatic heterocycles. The summed E-state index contributed by atoms with van der Waals surface area (Å²) in [6, 6.07) is 3.49. The Balaban J connectivity index is 2.08. The smallest absolute Gasteiger partial charge is 0.407 e. The van der Waals surface area contributed by atoms with Gasteiger partial charge in [-0.3, -0.25) is 0 Å². The minimum Gasteiger partial charge on any atom is -0.465 e. The number of anilines is 2. The molecule has 0 spiro atoms. The number of nitrogen functional groups attached to an aromatic ring is 1. The first kappa shape index (κ1) is 12.8. The number of amides is 1. The van der Waals surface area contributed by atoms with Crippen molar-refractivity contribution in [2.45, 2.75) is 12.5 Å². The average molecular weight is 271 g/mol. The minimum absolute atomic E-state index is 0.0133. The normalized spacial score (nSPS) is 19.0. The number of pyridine rings is 1. The van der Waals surface area contributed by atoms with Gasteiger partial charge in [0.2, 0.25) is 0 Å².